The fourth-order valence-corrected chi connectivity index (χ4v) is 3.51. The van der Waals surface area contributed by atoms with Gasteiger partial charge in [-0.25, -0.2) is 17.5 Å². The third-order valence-corrected chi connectivity index (χ3v) is 5.14. The number of amides is 1. The topological polar surface area (TPSA) is 75.3 Å². The van der Waals surface area contributed by atoms with E-state index in [1.807, 2.05) is 0 Å². The molecule has 0 aliphatic heterocycles. The number of rotatable bonds is 6. The Hall–Kier alpha value is -2.25. The van der Waals surface area contributed by atoms with Gasteiger partial charge in [0.25, 0.3) is 5.91 Å². The number of nitrogens with one attached hydrogen (secondary N) is 2. The highest BCUT2D eigenvalue weighted by Crippen LogP contribution is 2.13. The van der Waals surface area contributed by atoms with Crippen LogP contribution in [-0.2, 0) is 16.6 Å². The average Bonchev–Trinajstić information content (AvgIpc) is 2.54. The van der Waals surface area contributed by atoms with E-state index in [2.05, 4.69) is 10.0 Å². The second-order valence-corrected chi connectivity index (χ2v) is 7.78. The first-order valence-electron chi connectivity index (χ1n) is 7.84. The zero-order valence-electron chi connectivity index (χ0n) is 14.3. The van der Waals surface area contributed by atoms with Crippen LogP contribution in [0.1, 0.15) is 35.3 Å². The third-order valence-electron chi connectivity index (χ3n) is 3.49. The molecule has 2 N–H and O–H groups in total. The Morgan fingerprint density at radius 3 is 2.52 bits per heavy atom. The van der Waals surface area contributed by atoms with Gasteiger partial charge in [-0.2, -0.15) is 0 Å². The standard InChI is InChI=1S/C18H21FN2O3S/c1-12(2)21-25(23,24)16-6-4-5-15(10-16)18(22)20-11-14-8-7-13(3)17(19)9-14/h4-10,12,21H,11H2,1-3H3,(H,20,22). The maximum atomic E-state index is 13.5. The van der Waals surface area contributed by atoms with Crippen molar-refractivity contribution in [2.24, 2.45) is 0 Å². The largest absolute Gasteiger partial charge is 0.348 e. The van der Waals surface area contributed by atoms with Crippen LogP contribution in [0.15, 0.2) is 47.4 Å². The Labute approximate surface area is 147 Å². The van der Waals surface area contributed by atoms with Crippen molar-refractivity contribution in [1.29, 1.82) is 0 Å². The Morgan fingerprint density at radius 2 is 1.88 bits per heavy atom. The molecule has 2 rings (SSSR count). The lowest BCUT2D eigenvalue weighted by Gasteiger charge is -2.11. The molecule has 0 radical (unpaired) electrons. The number of benzene rings is 2. The van der Waals surface area contributed by atoms with Gasteiger partial charge in [0.15, 0.2) is 0 Å². The summed E-state index contributed by atoms with van der Waals surface area (Å²) in [6, 6.07) is 10.3. The number of carbonyl (C=O) groups is 1. The summed E-state index contributed by atoms with van der Waals surface area (Å²) < 4.78 is 40.4. The molecular formula is C18H21FN2O3S. The monoisotopic (exact) mass is 364 g/mol. The van der Waals surface area contributed by atoms with Crippen molar-refractivity contribution in [2.75, 3.05) is 0 Å². The Kier molecular flexibility index (Phi) is 5.92. The van der Waals surface area contributed by atoms with E-state index in [0.29, 0.717) is 11.1 Å². The zero-order chi connectivity index (χ0) is 18.6. The van der Waals surface area contributed by atoms with Gasteiger partial charge in [-0.3, -0.25) is 4.79 Å². The zero-order valence-corrected chi connectivity index (χ0v) is 15.2. The van der Waals surface area contributed by atoms with Crippen molar-refractivity contribution >= 4 is 15.9 Å². The molecule has 0 aromatic heterocycles. The maximum absolute atomic E-state index is 13.5. The van der Waals surface area contributed by atoms with E-state index in [-0.39, 0.29) is 28.9 Å². The summed E-state index contributed by atoms with van der Waals surface area (Å²) in [4.78, 5) is 12.3. The highest BCUT2D eigenvalue weighted by atomic mass is 32.2. The first kappa shape index (κ1) is 19.1. The van der Waals surface area contributed by atoms with Gasteiger partial charge in [-0.1, -0.05) is 18.2 Å². The molecule has 0 heterocycles. The van der Waals surface area contributed by atoms with E-state index in [4.69, 9.17) is 0 Å². The molecule has 2 aromatic carbocycles. The predicted molar refractivity (Wildman–Crippen MR) is 94.2 cm³/mol. The smallest absolute Gasteiger partial charge is 0.251 e. The summed E-state index contributed by atoms with van der Waals surface area (Å²) in [6.07, 6.45) is 0. The van der Waals surface area contributed by atoms with Gasteiger partial charge in [0.05, 0.1) is 4.90 Å². The van der Waals surface area contributed by atoms with Gasteiger partial charge in [0.1, 0.15) is 5.82 Å². The molecule has 0 bridgehead atoms. The van der Waals surface area contributed by atoms with E-state index < -0.39 is 15.9 Å². The summed E-state index contributed by atoms with van der Waals surface area (Å²) in [5.74, 6) is -0.762. The first-order chi connectivity index (χ1) is 11.7. The van der Waals surface area contributed by atoms with Gasteiger partial charge in [-0.15, -0.1) is 0 Å². The molecule has 134 valence electrons. The number of aryl methyl sites for hydroxylation is 1. The lowest BCUT2D eigenvalue weighted by Crippen LogP contribution is -2.30. The van der Waals surface area contributed by atoms with E-state index in [9.17, 15) is 17.6 Å². The van der Waals surface area contributed by atoms with Gasteiger partial charge in [0, 0.05) is 18.2 Å². The third kappa shape index (κ3) is 5.11. The molecule has 1 amide bonds. The van der Waals surface area contributed by atoms with Gasteiger partial charge < -0.3 is 5.32 Å². The van der Waals surface area contributed by atoms with Crippen LogP contribution >= 0.6 is 0 Å². The van der Waals surface area contributed by atoms with Crippen LogP contribution in [0.2, 0.25) is 0 Å². The van der Waals surface area contributed by atoms with Gasteiger partial charge >= 0.3 is 0 Å². The number of hydrogen-bond acceptors (Lipinski definition) is 3. The first-order valence-corrected chi connectivity index (χ1v) is 9.33. The van der Waals surface area contributed by atoms with Crippen molar-refractivity contribution in [2.45, 2.75) is 38.3 Å². The van der Waals surface area contributed by atoms with E-state index in [1.165, 1.54) is 30.3 Å². The fraction of sp³-hybridized carbons (Fsp3) is 0.278. The minimum Gasteiger partial charge on any atom is -0.348 e. The number of carbonyl (C=O) groups excluding carboxylic acids is 1. The Balaban J connectivity index is 2.12. The molecule has 25 heavy (non-hydrogen) atoms. The van der Waals surface area contributed by atoms with Crippen LogP contribution in [0, 0.1) is 12.7 Å². The van der Waals surface area contributed by atoms with Crippen LogP contribution in [0.4, 0.5) is 4.39 Å². The van der Waals surface area contributed by atoms with Gasteiger partial charge in [0.2, 0.25) is 10.0 Å². The second kappa shape index (κ2) is 7.76. The number of halogens is 1. The van der Waals surface area contributed by atoms with Crippen LogP contribution in [-0.4, -0.2) is 20.4 Å². The van der Waals surface area contributed by atoms with Crippen LogP contribution in [0.5, 0.6) is 0 Å². The lowest BCUT2D eigenvalue weighted by atomic mass is 10.1. The highest BCUT2D eigenvalue weighted by molar-refractivity contribution is 7.89. The van der Waals surface area contributed by atoms with Gasteiger partial charge in [-0.05, 0) is 56.2 Å². The van der Waals surface area contributed by atoms with Crippen molar-refractivity contribution < 1.29 is 17.6 Å². The minimum atomic E-state index is -3.67. The average molecular weight is 364 g/mol. The SMILES string of the molecule is Cc1ccc(CNC(=O)c2cccc(S(=O)(=O)NC(C)C)c2)cc1F. The second-order valence-electron chi connectivity index (χ2n) is 6.07. The summed E-state index contributed by atoms with van der Waals surface area (Å²) in [7, 11) is -3.67. The van der Waals surface area contributed by atoms with Crippen molar-refractivity contribution in [3.05, 3.63) is 65.0 Å². The van der Waals surface area contributed by atoms with Crippen molar-refractivity contribution in [3.63, 3.8) is 0 Å². The summed E-state index contributed by atoms with van der Waals surface area (Å²) >= 11 is 0. The van der Waals surface area contributed by atoms with Crippen molar-refractivity contribution in [3.8, 4) is 0 Å². The normalized spacial score (nSPS) is 11.6. The van der Waals surface area contributed by atoms with Crippen molar-refractivity contribution in [1.82, 2.24) is 10.0 Å². The Bertz CT molecular complexity index is 880. The molecule has 0 saturated carbocycles. The minimum absolute atomic E-state index is 0.0234. The maximum Gasteiger partial charge on any atom is 0.251 e. The van der Waals surface area contributed by atoms with E-state index >= 15 is 0 Å². The summed E-state index contributed by atoms with van der Waals surface area (Å²) in [6.45, 7) is 5.25. The van der Waals surface area contributed by atoms with Crippen LogP contribution in [0.25, 0.3) is 0 Å². The predicted octanol–water partition coefficient (Wildman–Crippen LogP) is 2.75. The molecular weight excluding hydrogens is 343 g/mol. The van der Waals surface area contributed by atoms with Crippen LogP contribution in [0.3, 0.4) is 0 Å². The molecule has 5 nitrogen and oxygen atoms in total. The summed E-state index contributed by atoms with van der Waals surface area (Å²) in [5.41, 5.74) is 1.38. The quantitative estimate of drug-likeness (QED) is 0.828. The van der Waals surface area contributed by atoms with E-state index in [0.717, 1.165) is 0 Å². The molecule has 0 atom stereocenters. The molecule has 0 spiro atoms. The van der Waals surface area contributed by atoms with E-state index in [1.54, 1.807) is 32.9 Å². The molecule has 0 saturated heterocycles. The molecule has 2 aromatic rings. The molecule has 0 aliphatic rings. The molecule has 0 unspecified atom stereocenters. The summed E-state index contributed by atoms with van der Waals surface area (Å²) in [5, 5.41) is 2.66. The lowest BCUT2D eigenvalue weighted by molar-refractivity contribution is 0.0950. The highest BCUT2D eigenvalue weighted by Gasteiger charge is 2.17. The van der Waals surface area contributed by atoms with Crippen LogP contribution < -0.4 is 10.0 Å². The molecule has 7 heteroatoms. The fourth-order valence-electron chi connectivity index (χ4n) is 2.21. The molecule has 0 fully saturated rings. The Morgan fingerprint density at radius 1 is 1.16 bits per heavy atom. The number of sulfonamides is 1. The molecule has 0 aliphatic carbocycles. The number of hydrogen-bond donors (Lipinski definition) is 2.